The maximum absolute atomic E-state index is 12.6. The summed E-state index contributed by atoms with van der Waals surface area (Å²) in [5.74, 6) is 0.288. The molecule has 0 bridgehead atoms. The lowest BCUT2D eigenvalue weighted by Gasteiger charge is -2.13. The molecule has 0 atom stereocenters. The summed E-state index contributed by atoms with van der Waals surface area (Å²) in [5, 5.41) is 15.5. The molecule has 0 spiro atoms. The van der Waals surface area contributed by atoms with Gasteiger partial charge < -0.3 is 14.8 Å². The predicted molar refractivity (Wildman–Crippen MR) is 102 cm³/mol. The third-order valence-corrected chi connectivity index (χ3v) is 4.93. The van der Waals surface area contributed by atoms with Crippen LogP contribution in [0.15, 0.2) is 18.2 Å². The van der Waals surface area contributed by atoms with Crippen molar-refractivity contribution in [3.63, 3.8) is 0 Å². The summed E-state index contributed by atoms with van der Waals surface area (Å²) in [5.41, 5.74) is 1.67. The van der Waals surface area contributed by atoms with Crippen LogP contribution >= 0.6 is 23.6 Å². The average molecular weight is 375 g/mol. The third-order valence-electron chi connectivity index (χ3n) is 3.61. The second-order valence-corrected chi connectivity index (χ2v) is 6.68. The van der Waals surface area contributed by atoms with Crippen LogP contribution < -0.4 is 20.1 Å². The first kappa shape index (κ1) is 18.7. The molecule has 130 valence electrons. The first-order valence-electron chi connectivity index (χ1n) is 7.26. The van der Waals surface area contributed by atoms with Crippen molar-refractivity contribution >= 4 is 39.6 Å². The number of thiophene rings is 1. The number of aryl methyl sites for hydroxylation is 1. The molecule has 1 amide bonds. The van der Waals surface area contributed by atoms with E-state index in [2.05, 4.69) is 16.7 Å². The largest absolute Gasteiger partial charge is 0.496 e. The number of anilines is 1. The standard InChI is InChI=1S/C17H17N3O3S2/c1-9-10(2)25-16(11(9)8-18)20-17(24)19-15(21)14-12(22-3)6-5-7-13(14)23-4/h5-7H,1-4H3,(H2,19,20,21,24). The first-order valence-corrected chi connectivity index (χ1v) is 8.48. The van der Waals surface area contributed by atoms with Crippen LogP contribution in [0.5, 0.6) is 11.5 Å². The minimum absolute atomic E-state index is 0.0932. The van der Waals surface area contributed by atoms with Crippen LogP contribution in [0.4, 0.5) is 5.00 Å². The summed E-state index contributed by atoms with van der Waals surface area (Å²) in [4.78, 5) is 13.6. The number of carbonyl (C=O) groups excluding carboxylic acids is 1. The number of thiocarbonyl (C=S) groups is 1. The van der Waals surface area contributed by atoms with E-state index < -0.39 is 5.91 Å². The molecule has 1 heterocycles. The van der Waals surface area contributed by atoms with Crippen molar-refractivity contribution in [2.24, 2.45) is 0 Å². The van der Waals surface area contributed by atoms with Crippen molar-refractivity contribution in [3.8, 4) is 17.6 Å². The molecule has 0 aliphatic rings. The van der Waals surface area contributed by atoms with Crippen molar-refractivity contribution < 1.29 is 14.3 Å². The highest BCUT2D eigenvalue weighted by Crippen LogP contribution is 2.32. The summed E-state index contributed by atoms with van der Waals surface area (Å²) in [6, 6.07) is 7.19. The molecule has 0 saturated carbocycles. The number of carbonyl (C=O) groups is 1. The number of hydrogen-bond donors (Lipinski definition) is 2. The Labute approximate surface area is 155 Å². The van der Waals surface area contributed by atoms with E-state index in [9.17, 15) is 10.1 Å². The summed E-state index contributed by atoms with van der Waals surface area (Å²) in [7, 11) is 2.94. The van der Waals surface area contributed by atoms with Crippen molar-refractivity contribution in [3.05, 3.63) is 39.8 Å². The molecule has 2 N–H and O–H groups in total. The molecule has 0 fully saturated rings. The highest BCUT2D eigenvalue weighted by Gasteiger charge is 2.20. The van der Waals surface area contributed by atoms with Crippen LogP contribution in [-0.4, -0.2) is 25.2 Å². The summed E-state index contributed by atoms with van der Waals surface area (Å²) in [6.45, 7) is 3.80. The SMILES string of the molecule is COc1cccc(OC)c1C(=O)NC(=S)Nc1sc(C)c(C)c1C#N. The fraction of sp³-hybridized carbons (Fsp3) is 0.235. The van der Waals surface area contributed by atoms with E-state index in [-0.39, 0.29) is 10.7 Å². The number of nitrogens with zero attached hydrogens (tertiary/aromatic N) is 1. The zero-order valence-electron chi connectivity index (χ0n) is 14.2. The Kier molecular flexibility index (Phi) is 5.96. The van der Waals surface area contributed by atoms with E-state index in [1.54, 1.807) is 18.2 Å². The summed E-state index contributed by atoms with van der Waals surface area (Å²) < 4.78 is 10.4. The minimum atomic E-state index is -0.463. The smallest absolute Gasteiger partial charge is 0.264 e. The van der Waals surface area contributed by atoms with Crippen molar-refractivity contribution in [2.75, 3.05) is 19.5 Å². The van der Waals surface area contributed by atoms with Gasteiger partial charge in [0, 0.05) is 4.88 Å². The fourth-order valence-corrected chi connectivity index (χ4v) is 3.50. The Balaban J connectivity index is 2.21. The molecule has 0 radical (unpaired) electrons. The zero-order chi connectivity index (χ0) is 18.6. The van der Waals surface area contributed by atoms with Crippen molar-refractivity contribution in [1.29, 1.82) is 5.26 Å². The van der Waals surface area contributed by atoms with E-state index in [1.165, 1.54) is 25.6 Å². The number of nitrogens with one attached hydrogen (secondary N) is 2. The van der Waals surface area contributed by atoms with Gasteiger partial charge in [-0.25, -0.2) is 0 Å². The number of methoxy groups -OCH3 is 2. The quantitative estimate of drug-likeness (QED) is 0.797. The van der Waals surface area contributed by atoms with Gasteiger partial charge in [0.25, 0.3) is 5.91 Å². The third kappa shape index (κ3) is 3.90. The molecule has 0 aliphatic heterocycles. The van der Waals surface area contributed by atoms with Gasteiger partial charge in [-0.15, -0.1) is 11.3 Å². The molecule has 0 unspecified atom stereocenters. The maximum atomic E-state index is 12.6. The highest BCUT2D eigenvalue weighted by atomic mass is 32.1. The molecule has 0 aliphatic carbocycles. The summed E-state index contributed by atoms with van der Waals surface area (Å²) in [6.07, 6.45) is 0. The second-order valence-electron chi connectivity index (χ2n) is 5.04. The van der Waals surface area contributed by atoms with Gasteiger partial charge in [0.2, 0.25) is 0 Å². The maximum Gasteiger partial charge on any atom is 0.264 e. The van der Waals surface area contributed by atoms with E-state index in [0.717, 1.165) is 10.4 Å². The van der Waals surface area contributed by atoms with Gasteiger partial charge in [0.05, 0.1) is 19.8 Å². The van der Waals surface area contributed by atoms with Crippen LogP contribution in [0.1, 0.15) is 26.4 Å². The number of amides is 1. The van der Waals surface area contributed by atoms with Gasteiger partial charge in [0.15, 0.2) is 5.11 Å². The predicted octanol–water partition coefficient (Wildman–Crippen LogP) is 3.38. The lowest BCUT2D eigenvalue weighted by molar-refractivity contribution is 0.0971. The molecule has 2 aromatic rings. The minimum Gasteiger partial charge on any atom is -0.496 e. The molecule has 25 heavy (non-hydrogen) atoms. The lowest BCUT2D eigenvalue weighted by atomic mass is 10.1. The molecule has 1 aromatic heterocycles. The Morgan fingerprint density at radius 2 is 1.84 bits per heavy atom. The van der Waals surface area contributed by atoms with Gasteiger partial charge in [-0.1, -0.05) is 6.07 Å². The molecule has 0 saturated heterocycles. The number of nitriles is 1. The number of rotatable bonds is 4. The zero-order valence-corrected chi connectivity index (χ0v) is 15.9. The first-order chi connectivity index (χ1) is 11.9. The Hall–Kier alpha value is -2.63. The van der Waals surface area contributed by atoms with Crippen LogP contribution in [0.2, 0.25) is 0 Å². The van der Waals surface area contributed by atoms with E-state index in [4.69, 9.17) is 21.7 Å². The average Bonchev–Trinajstić information content (AvgIpc) is 2.86. The second kappa shape index (κ2) is 7.96. The van der Waals surface area contributed by atoms with Gasteiger partial charge in [0.1, 0.15) is 28.1 Å². The molecular formula is C17H17N3O3S2. The fourth-order valence-electron chi connectivity index (χ4n) is 2.22. The molecule has 2 rings (SSSR count). The van der Waals surface area contributed by atoms with Crippen LogP contribution in [0.3, 0.4) is 0 Å². The van der Waals surface area contributed by atoms with Crippen LogP contribution in [-0.2, 0) is 0 Å². The molecule has 1 aromatic carbocycles. The Morgan fingerprint density at radius 1 is 1.24 bits per heavy atom. The molecular weight excluding hydrogens is 358 g/mol. The Morgan fingerprint density at radius 3 is 2.36 bits per heavy atom. The molecule has 6 nitrogen and oxygen atoms in total. The highest BCUT2D eigenvalue weighted by molar-refractivity contribution is 7.80. The number of ether oxygens (including phenoxy) is 2. The van der Waals surface area contributed by atoms with Gasteiger partial charge in [-0.2, -0.15) is 5.26 Å². The number of hydrogen-bond acceptors (Lipinski definition) is 6. The van der Waals surface area contributed by atoms with Crippen molar-refractivity contribution in [1.82, 2.24) is 5.32 Å². The monoisotopic (exact) mass is 375 g/mol. The van der Waals surface area contributed by atoms with Crippen LogP contribution in [0.25, 0.3) is 0 Å². The van der Waals surface area contributed by atoms with Crippen LogP contribution in [0, 0.1) is 25.2 Å². The van der Waals surface area contributed by atoms with E-state index in [0.29, 0.717) is 22.1 Å². The lowest BCUT2D eigenvalue weighted by Crippen LogP contribution is -2.34. The van der Waals surface area contributed by atoms with Crippen molar-refractivity contribution in [2.45, 2.75) is 13.8 Å². The van der Waals surface area contributed by atoms with E-state index in [1.807, 2.05) is 13.8 Å². The van der Waals surface area contributed by atoms with Gasteiger partial charge in [-0.05, 0) is 43.8 Å². The van der Waals surface area contributed by atoms with Gasteiger partial charge in [-0.3, -0.25) is 10.1 Å². The Bertz CT molecular complexity index is 847. The normalized spacial score (nSPS) is 9.88. The summed E-state index contributed by atoms with van der Waals surface area (Å²) >= 11 is 6.61. The topological polar surface area (TPSA) is 83.4 Å². The number of benzene rings is 1. The van der Waals surface area contributed by atoms with Gasteiger partial charge >= 0.3 is 0 Å². The van der Waals surface area contributed by atoms with E-state index >= 15 is 0 Å². The molecule has 8 heteroatoms.